The van der Waals surface area contributed by atoms with Gasteiger partial charge in [-0.1, -0.05) is 6.07 Å². The average molecular weight is 206 g/mol. The highest BCUT2D eigenvalue weighted by molar-refractivity contribution is 5.82. The Hall–Kier alpha value is -1.35. The first-order valence-electron chi connectivity index (χ1n) is 5.24. The molecule has 2 N–H and O–H groups in total. The number of fused-ring (bicyclic) bond motifs is 1. The van der Waals surface area contributed by atoms with Crippen molar-refractivity contribution < 1.29 is 4.39 Å². The zero-order valence-corrected chi connectivity index (χ0v) is 8.83. The van der Waals surface area contributed by atoms with E-state index in [1.54, 1.807) is 6.07 Å². The summed E-state index contributed by atoms with van der Waals surface area (Å²) >= 11 is 0. The summed E-state index contributed by atoms with van der Waals surface area (Å²) in [7, 11) is 0. The van der Waals surface area contributed by atoms with Gasteiger partial charge in [-0.05, 0) is 38.1 Å². The van der Waals surface area contributed by atoms with Gasteiger partial charge in [-0.3, -0.25) is 0 Å². The molecule has 0 aliphatic carbocycles. The Morgan fingerprint density at radius 3 is 2.87 bits per heavy atom. The molecule has 0 bridgehead atoms. The van der Waals surface area contributed by atoms with Crippen LogP contribution in [0.1, 0.15) is 12.6 Å². The van der Waals surface area contributed by atoms with Gasteiger partial charge in [0.25, 0.3) is 0 Å². The molecule has 0 saturated carbocycles. The fourth-order valence-corrected chi connectivity index (χ4v) is 2.03. The Labute approximate surface area is 88.5 Å². The van der Waals surface area contributed by atoms with Gasteiger partial charge in [0.2, 0.25) is 0 Å². The number of nitrogens with two attached hydrogens (primary N) is 1. The Morgan fingerprint density at radius 1 is 1.40 bits per heavy atom. The molecule has 0 aliphatic heterocycles. The highest BCUT2D eigenvalue weighted by Crippen LogP contribution is 2.22. The molecule has 0 aliphatic rings. The highest BCUT2D eigenvalue weighted by Gasteiger charge is 2.09. The molecule has 0 atom stereocenters. The van der Waals surface area contributed by atoms with E-state index in [1.807, 2.05) is 12.1 Å². The summed E-state index contributed by atoms with van der Waals surface area (Å²) in [5.41, 5.74) is 7.61. The van der Waals surface area contributed by atoms with E-state index >= 15 is 0 Å². The minimum absolute atomic E-state index is 0.155. The maximum Gasteiger partial charge on any atom is 0.132 e. The Balaban J connectivity index is 2.67. The fraction of sp³-hybridized carbons (Fsp3) is 0.333. The van der Waals surface area contributed by atoms with Gasteiger partial charge in [-0.2, -0.15) is 0 Å². The predicted molar refractivity (Wildman–Crippen MR) is 60.3 cm³/mol. The lowest BCUT2D eigenvalue weighted by molar-refractivity contribution is 0.639. The average Bonchev–Trinajstić information content (AvgIpc) is 2.58. The van der Waals surface area contributed by atoms with E-state index in [9.17, 15) is 4.39 Å². The second-order valence-electron chi connectivity index (χ2n) is 3.59. The number of nitrogens with zero attached hydrogens (tertiary/aromatic N) is 1. The topological polar surface area (TPSA) is 30.9 Å². The lowest BCUT2D eigenvalue weighted by atomic mass is 10.2. The van der Waals surface area contributed by atoms with Crippen LogP contribution in [0.2, 0.25) is 0 Å². The van der Waals surface area contributed by atoms with E-state index in [1.165, 1.54) is 6.07 Å². The van der Waals surface area contributed by atoms with Crippen molar-refractivity contribution in [3.05, 3.63) is 35.8 Å². The summed E-state index contributed by atoms with van der Waals surface area (Å²) in [6.45, 7) is 3.50. The highest BCUT2D eigenvalue weighted by atomic mass is 19.1. The van der Waals surface area contributed by atoms with Gasteiger partial charge >= 0.3 is 0 Å². The number of benzene rings is 1. The third-order valence-electron chi connectivity index (χ3n) is 2.70. The molecule has 0 fully saturated rings. The van der Waals surface area contributed by atoms with Gasteiger partial charge < -0.3 is 10.3 Å². The van der Waals surface area contributed by atoms with Crippen molar-refractivity contribution in [1.82, 2.24) is 4.57 Å². The van der Waals surface area contributed by atoms with Gasteiger partial charge in [-0.25, -0.2) is 4.39 Å². The maximum absolute atomic E-state index is 13.5. The quantitative estimate of drug-likeness (QED) is 0.820. The number of halogens is 1. The molecule has 0 amide bonds. The molecule has 1 aromatic carbocycles. The van der Waals surface area contributed by atoms with Crippen LogP contribution in [0.4, 0.5) is 4.39 Å². The number of aryl methyl sites for hydroxylation is 1. The summed E-state index contributed by atoms with van der Waals surface area (Å²) in [5, 5.41) is 0.697. The summed E-state index contributed by atoms with van der Waals surface area (Å²) in [6.07, 6.45) is 0.794. The van der Waals surface area contributed by atoms with Crippen LogP contribution < -0.4 is 5.73 Å². The van der Waals surface area contributed by atoms with Crippen LogP contribution in [-0.4, -0.2) is 11.1 Å². The summed E-state index contributed by atoms with van der Waals surface area (Å²) in [5.74, 6) is -0.155. The van der Waals surface area contributed by atoms with Crippen molar-refractivity contribution in [2.45, 2.75) is 19.9 Å². The molecule has 0 unspecified atom stereocenters. The van der Waals surface area contributed by atoms with Crippen LogP contribution in [0.5, 0.6) is 0 Å². The number of aromatic nitrogens is 1. The normalized spacial score (nSPS) is 11.1. The monoisotopic (exact) mass is 206 g/mol. The predicted octanol–water partition coefficient (Wildman–Crippen LogP) is 2.30. The molecule has 0 radical (unpaired) electrons. The number of rotatable bonds is 3. The molecule has 3 heteroatoms. The standard InChI is InChI=1S/C12H15FN2/c1-2-15-9(6-7-14)8-10-11(13)4-3-5-12(10)15/h3-5,8H,2,6-7,14H2,1H3. The SMILES string of the molecule is CCn1c(CCN)cc2c(F)cccc21. The Kier molecular flexibility index (Phi) is 2.73. The van der Waals surface area contributed by atoms with Crippen LogP contribution in [0.3, 0.4) is 0 Å². The fourth-order valence-electron chi connectivity index (χ4n) is 2.03. The van der Waals surface area contributed by atoms with E-state index in [2.05, 4.69) is 11.5 Å². The largest absolute Gasteiger partial charge is 0.345 e. The van der Waals surface area contributed by atoms with E-state index in [0.717, 1.165) is 24.2 Å². The Morgan fingerprint density at radius 2 is 2.20 bits per heavy atom. The smallest absolute Gasteiger partial charge is 0.132 e. The van der Waals surface area contributed by atoms with Crippen molar-refractivity contribution >= 4 is 10.9 Å². The third kappa shape index (κ3) is 1.63. The lowest BCUT2D eigenvalue weighted by Crippen LogP contribution is -2.07. The minimum Gasteiger partial charge on any atom is -0.345 e. The molecule has 15 heavy (non-hydrogen) atoms. The van der Waals surface area contributed by atoms with E-state index in [4.69, 9.17) is 5.73 Å². The summed E-state index contributed by atoms with van der Waals surface area (Å²) in [6, 6.07) is 7.09. The van der Waals surface area contributed by atoms with Crippen LogP contribution in [0, 0.1) is 5.82 Å². The minimum atomic E-state index is -0.155. The van der Waals surface area contributed by atoms with Gasteiger partial charge in [0, 0.05) is 17.6 Å². The molecule has 1 aromatic heterocycles. The van der Waals surface area contributed by atoms with E-state index < -0.39 is 0 Å². The van der Waals surface area contributed by atoms with Crippen molar-refractivity contribution in [1.29, 1.82) is 0 Å². The Bertz CT molecular complexity index is 474. The third-order valence-corrected chi connectivity index (χ3v) is 2.70. The van der Waals surface area contributed by atoms with Crippen molar-refractivity contribution in [2.24, 2.45) is 5.73 Å². The maximum atomic E-state index is 13.5. The molecule has 2 nitrogen and oxygen atoms in total. The number of hydrogen-bond acceptors (Lipinski definition) is 1. The van der Waals surface area contributed by atoms with Crippen molar-refractivity contribution in [3.63, 3.8) is 0 Å². The second-order valence-corrected chi connectivity index (χ2v) is 3.59. The molecule has 2 rings (SSSR count). The first kappa shape index (κ1) is 10.2. The molecule has 1 heterocycles. The molecular weight excluding hydrogens is 191 g/mol. The molecule has 0 spiro atoms. The van der Waals surface area contributed by atoms with Gasteiger partial charge in [0.05, 0.1) is 5.52 Å². The summed E-state index contributed by atoms with van der Waals surface area (Å²) < 4.78 is 15.6. The van der Waals surface area contributed by atoms with Crippen molar-refractivity contribution in [3.8, 4) is 0 Å². The van der Waals surface area contributed by atoms with Crippen LogP contribution in [-0.2, 0) is 13.0 Å². The van der Waals surface area contributed by atoms with Crippen LogP contribution in [0.25, 0.3) is 10.9 Å². The molecule has 0 saturated heterocycles. The zero-order chi connectivity index (χ0) is 10.8. The zero-order valence-electron chi connectivity index (χ0n) is 8.83. The van der Waals surface area contributed by atoms with Gasteiger partial charge in [0.1, 0.15) is 5.82 Å². The van der Waals surface area contributed by atoms with Crippen LogP contribution in [0.15, 0.2) is 24.3 Å². The lowest BCUT2D eigenvalue weighted by Gasteiger charge is -2.06. The summed E-state index contributed by atoms with van der Waals surface area (Å²) in [4.78, 5) is 0. The van der Waals surface area contributed by atoms with E-state index in [-0.39, 0.29) is 5.82 Å². The second kappa shape index (κ2) is 4.03. The first-order valence-corrected chi connectivity index (χ1v) is 5.24. The molecule has 80 valence electrons. The van der Waals surface area contributed by atoms with Crippen LogP contribution >= 0.6 is 0 Å². The van der Waals surface area contributed by atoms with Crippen molar-refractivity contribution in [2.75, 3.05) is 6.54 Å². The van der Waals surface area contributed by atoms with Gasteiger partial charge in [0.15, 0.2) is 0 Å². The van der Waals surface area contributed by atoms with Gasteiger partial charge in [-0.15, -0.1) is 0 Å². The number of hydrogen-bond donors (Lipinski definition) is 1. The van der Waals surface area contributed by atoms with E-state index in [0.29, 0.717) is 11.9 Å². The first-order chi connectivity index (χ1) is 7.27. The molecule has 2 aromatic rings. The molecular formula is C12H15FN2.